The van der Waals surface area contributed by atoms with E-state index in [1.165, 1.54) is 42.4 Å². The number of hydrogen-bond acceptors (Lipinski definition) is 3. The van der Waals surface area contributed by atoms with Crippen molar-refractivity contribution in [3.63, 3.8) is 0 Å². The van der Waals surface area contributed by atoms with Gasteiger partial charge in [-0.15, -0.1) is 0 Å². The first-order chi connectivity index (χ1) is 11.4. The Morgan fingerprint density at radius 1 is 1.08 bits per heavy atom. The average molecular weight is 334 g/mol. The van der Waals surface area contributed by atoms with Crippen LogP contribution in [0.3, 0.4) is 0 Å². The van der Waals surface area contributed by atoms with Crippen LogP contribution in [0.25, 0.3) is 0 Å². The molecule has 1 fully saturated rings. The number of nitrogens with one attached hydrogen (secondary N) is 1. The summed E-state index contributed by atoms with van der Waals surface area (Å²) in [4.78, 5) is 0. The van der Waals surface area contributed by atoms with Gasteiger partial charge in [0.1, 0.15) is 18.5 Å². The highest BCUT2D eigenvalue weighted by Crippen LogP contribution is 2.35. The molecule has 0 aliphatic heterocycles. The second-order valence-electron chi connectivity index (χ2n) is 7.94. The van der Waals surface area contributed by atoms with Gasteiger partial charge in [-0.05, 0) is 42.7 Å². The molecule has 0 spiro atoms. The van der Waals surface area contributed by atoms with Crippen molar-refractivity contribution < 1.29 is 9.84 Å². The maximum absolute atomic E-state index is 10.3. The van der Waals surface area contributed by atoms with E-state index in [9.17, 15) is 5.11 Å². The van der Waals surface area contributed by atoms with Gasteiger partial charge >= 0.3 is 0 Å². The molecule has 1 aromatic carbocycles. The molecule has 1 aromatic rings. The zero-order chi connectivity index (χ0) is 17.7. The van der Waals surface area contributed by atoms with Crippen molar-refractivity contribution in [3.05, 3.63) is 28.8 Å². The van der Waals surface area contributed by atoms with E-state index in [1.807, 2.05) is 0 Å². The number of rotatable bonds is 8. The van der Waals surface area contributed by atoms with E-state index < -0.39 is 6.10 Å². The molecular formula is C21H35NO2. The minimum atomic E-state index is -0.466. The third-order valence-corrected chi connectivity index (χ3v) is 4.95. The predicted octanol–water partition coefficient (Wildman–Crippen LogP) is 4.51. The molecular weight excluding hydrogens is 298 g/mol. The molecule has 1 aliphatic carbocycles. The fourth-order valence-corrected chi connectivity index (χ4v) is 3.53. The van der Waals surface area contributed by atoms with Crippen molar-refractivity contribution in [3.8, 4) is 5.75 Å². The van der Waals surface area contributed by atoms with E-state index in [2.05, 4.69) is 52.1 Å². The predicted molar refractivity (Wildman–Crippen MR) is 101 cm³/mol. The third kappa shape index (κ3) is 5.22. The summed E-state index contributed by atoms with van der Waals surface area (Å²) < 4.78 is 6.13. The average Bonchev–Trinajstić information content (AvgIpc) is 3.04. The first-order valence-corrected chi connectivity index (χ1v) is 9.57. The largest absolute Gasteiger partial charge is 0.490 e. The number of hydrogen-bond donors (Lipinski definition) is 2. The second-order valence-corrected chi connectivity index (χ2v) is 7.94. The lowest BCUT2D eigenvalue weighted by molar-refractivity contribution is 0.102. The van der Waals surface area contributed by atoms with Gasteiger partial charge in [0.05, 0.1) is 0 Å². The molecule has 136 valence electrons. The number of ether oxygens (including phenoxy) is 1. The van der Waals surface area contributed by atoms with Gasteiger partial charge in [-0.25, -0.2) is 0 Å². The molecule has 0 amide bonds. The maximum Gasteiger partial charge on any atom is 0.126 e. The quantitative estimate of drug-likeness (QED) is 0.735. The van der Waals surface area contributed by atoms with Gasteiger partial charge in [-0.2, -0.15) is 0 Å². The van der Waals surface area contributed by atoms with Crippen LogP contribution in [0, 0.1) is 6.92 Å². The van der Waals surface area contributed by atoms with E-state index in [0.29, 0.717) is 31.0 Å². The maximum atomic E-state index is 10.3. The minimum absolute atomic E-state index is 0.349. The van der Waals surface area contributed by atoms with Crippen LogP contribution in [0.5, 0.6) is 5.75 Å². The summed E-state index contributed by atoms with van der Waals surface area (Å²) >= 11 is 0. The Morgan fingerprint density at radius 3 is 2.12 bits per heavy atom. The van der Waals surface area contributed by atoms with E-state index >= 15 is 0 Å². The van der Waals surface area contributed by atoms with Crippen molar-refractivity contribution in [2.45, 2.75) is 84.3 Å². The van der Waals surface area contributed by atoms with Crippen LogP contribution in [-0.4, -0.2) is 30.4 Å². The Morgan fingerprint density at radius 2 is 1.62 bits per heavy atom. The second kappa shape index (κ2) is 8.87. The lowest BCUT2D eigenvalue weighted by atomic mass is 9.92. The summed E-state index contributed by atoms with van der Waals surface area (Å²) in [6.07, 6.45) is 4.62. The van der Waals surface area contributed by atoms with Crippen molar-refractivity contribution >= 4 is 0 Å². The van der Waals surface area contributed by atoms with Crippen LogP contribution in [0.2, 0.25) is 0 Å². The van der Waals surface area contributed by atoms with E-state index in [0.717, 1.165) is 5.75 Å². The number of aryl methyl sites for hydroxylation is 1. The Bertz CT molecular complexity index is 490. The van der Waals surface area contributed by atoms with Crippen LogP contribution in [-0.2, 0) is 0 Å². The number of benzene rings is 1. The first kappa shape index (κ1) is 19.3. The zero-order valence-corrected chi connectivity index (χ0v) is 16.1. The van der Waals surface area contributed by atoms with E-state index in [4.69, 9.17) is 4.74 Å². The van der Waals surface area contributed by atoms with E-state index in [1.54, 1.807) is 0 Å². The van der Waals surface area contributed by atoms with Gasteiger partial charge in [0, 0.05) is 12.6 Å². The van der Waals surface area contributed by atoms with E-state index in [-0.39, 0.29) is 0 Å². The van der Waals surface area contributed by atoms with Crippen LogP contribution in [0.1, 0.15) is 81.9 Å². The first-order valence-electron chi connectivity index (χ1n) is 9.57. The molecule has 1 atom stereocenters. The fourth-order valence-electron chi connectivity index (χ4n) is 3.53. The third-order valence-electron chi connectivity index (χ3n) is 4.95. The number of aliphatic hydroxyl groups is 1. The summed E-state index contributed by atoms with van der Waals surface area (Å²) in [6, 6.07) is 5.01. The van der Waals surface area contributed by atoms with Crippen LogP contribution in [0.4, 0.5) is 0 Å². The Labute approximate surface area is 147 Å². The van der Waals surface area contributed by atoms with Gasteiger partial charge < -0.3 is 15.2 Å². The summed E-state index contributed by atoms with van der Waals surface area (Å²) in [5.74, 6) is 1.79. The van der Waals surface area contributed by atoms with Crippen molar-refractivity contribution in [2.24, 2.45) is 0 Å². The molecule has 2 N–H and O–H groups in total. The molecule has 0 radical (unpaired) electrons. The highest BCUT2D eigenvalue weighted by molar-refractivity contribution is 5.47. The highest BCUT2D eigenvalue weighted by Gasteiger charge is 2.19. The van der Waals surface area contributed by atoms with Crippen molar-refractivity contribution in [1.29, 1.82) is 0 Å². The summed E-state index contributed by atoms with van der Waals surface area (Å²) in [5.41, 5.74) is 3.77. The van der Waals surface area contributed by atoms with Crippen LogP contribution < -0.4 is 10.1 Å². The molecule has 0 saturated heterocycles. The summed E-state index contributed by atoms with van der Waals surface area (Å²) in [6.45, 7) is 11.9. The molecule has 0 heterocycles. The van der Waals surface area contributed by atoms with Gasteiger partial charge in [-0.1, -0.05) is 58.2 Å². The van der Waals surface area contributed by atoms with Gasteiger partial charge in [0.2, 0.25) is 0 Å². The van der Waals surface area contributed by atoms with Crippen LogP contribution >= 0.6 is 0 Å². The smallest absolute Gasteiger partial charge is 0.126 e. The van der Waals surface area contributed by atoms with Gasteiger partial charge in [-0.3, -0.25) is 0 Å². The monoisotopic (exact) mass is 333 g/mol. The Kier molecular flexibility index (Phi) is 7.12. The molecule has 1 aliphatic rings. The summed E-state index contributed by atoms with van der Waals surface area (Å²) in [5, 5.41) is 13.8. The Balaban J connectivity index is 2.01. The summed E-state index contributed by atoms with van der Waals surface area (Å²) in [7, 11) is 0. The highest BCUT2D eigenvalue weighted by atomic mass is 16.5. The molecule has 1 unspecified atom stereocenters. The molecule has 2 rings (SSSR count). The fraction of sp³-hybridized carbons (Fsp3) is 0.714. The molecule has 3 heteroatoms. The molecule has 3 nitrogen and oxygen atoms in total. The molecule has 0 aromatic heterocycles. The Hall–Kier alpha value is -1.06. The van der Waals surface area contributed by atoms with Crippen molar-refractivity contribution in [1.82, 2.24) is 5.32 Å². The van der Waals surface area contributed by atoms with Crippen LogP contribution in [0.15, 0.2) is 12.1 Å². The topological polar surface area (TPSA) is 41.5 Å². The van der Waals surface area contributed by atoms with Gasteiger partial charge in [0.25, 0.3) is 0 Å². The lowest BCUT2D eigenvalue weighted by Crippen LogP contribution is -2.36. The molecule has 0 bridgehead atoms. The standard InChI is InChI=1S/C21H35NO2/c1-14(2)19-10-16(5)11-20(15(3)4)21(19)24-13-18(23)12-22-17-8-6-7-9-17/h10-11,14-15,17-18,22-23H,6-9,12-13H2,1-5H3. The molecule has 24 heavy (non-hydrogen) atoms. The zero-order valence-electron chi connectivity index (χ0n) is 16.1. The SMILES string of the molecule is Cc1cc(C(C)C)c(OCC(O)CNC2CCCC2)c(C(C)C)c1. The van der Waals surface area contributed by atoms with Gasteiger partial charge in [0.15, 0.2) is 0 Å². The molecule has 1 saturated carbocycles. The lowest BCUT2D eigenvalue weighted by Gasteiger charge is -2.23. The normalized spacial score (nSPS) is 17.0. The number of aliphatic hydroxyl groups excluding tert-OH is 1. The minimum Gasteiger partial charge on any atom is -0.490 e. The van der Waals surface area contributed by atoms with Crippen molar-refractivity contribution in [2.75, 3.05) is 13.2 Å².